The van der Waals surface area contributed by atoms with Crippen LogP contribution in [0.1, 0.15) is 36.5 Å². The fourth-order valence-electron chi connectivity index (χ4n) is 4.98. The van der Waals surface area contributed by atoms with Gasteiger partial charge in [-0.05, 0) is 36.2 Å². The van der Waals surface area contributed by atoms with E-state index in [1.54, 1.807) is 53.1 Å². The smallest absolute Gasteiger partial charge is 0.259 e. The third kappa shape index (κ3) is 6.75. The summed E-state index contributed by atoms with van der Waals surface area (Å²) in [5.74, 6) is 0.000606. The van der Waals surface area contributed by atoms with Crippen LogP contribution in [-0.4, -0.2) is 71.2 Å². The first-order valence-corrected chi connectivity index (χ1v) is 16.1. The van der Waals surface area contributed by atoms with E-state index in [0.717, 1.165) is 30.4 Å². The number of ether oxygens (including phenoxy) is 1. The molecule has 3 heterocycles. The van der Waals surface area contributed by atoms with Gasteiger partial charge in [-0.3, -0.25) is 14.0 Å². The Bertz CT molecular complexity index is 1710. The van der Waals surface area contributed by atoms with Gasteiger partial charge in [0.25, 0.3) is 11.5 Å². The summed E-state index contributed by atoms with van der Waals surface area (Å²) >= 11 is 6.06. The molecule has 0 saturated carbocycles. The Morgan fingerprint density at radius 2 is 1.71 bits per heavy atom. The Kier molecular flexibility index (Phi) is 9.42. The fraction of sp³-hybridized carbons (Fsp3) is 0.367. The SMILES string of the molecule is CCCCCn1c(-c2ccc(C(=O)NCCS(=O)(=O)N3CCOCC3)cc2)cc(=O)n2cc(-c3ccc(Cl)cc3)nc12. The highest BCUT2D eigenvalue weighted by Crippen LogP contribution is 2.25. The zero-order valence-electron chi connectivity index (χ0n) is 23.5. The monoisotopic (exact) mass is 611 g/mol. The lowest BCUT2D eigenvalue weighted by Crippen LogP contribution is -2.43. The quantitative estimate of drug-likeness (QED) is 0.256. The number of unbranched alkanes of at least 4 members (excludes halogenated alkanes) is 2. The van der Waals surface area contributed by atoms with Gasteiger partial charge < -0.3 is 14.6 Å². The number of nitrogens with zero attached hydrogens (tertiary/aromatic N) is 4. The van der Waals surface area contributed by atoms with Gasteiger partial charge in [0.2, 0.25) is 15.8 Å². The maximum absolute atomic E-state index is 13.2. The highest BCUT2D eigenvalue weighted by molar-refractivity contribution is 7.89. The molecule has 1 amide bonds. The topological polar surface area (TPSA) is 115 Å². The van der Waals surface area contributed by atoms with Crippen LogP contribution in [0.3, 0.4) is 0 Å². The number of aromatic nitrogens is 3. The van der Waals surface area contributed by atoms with Crippen LogP contribution in [-0.2, 0) is 21.3 Å². The van der Waals surface area contributed by atoms with Crippen molar-refractivity contribution >= 4 is 33.3 Å². The van der Waals surface area contributed by atoms with Crippen molar-refractivity contribution in [3.63, 3.8) is 0 Å². The van der Waals surface area contributed by atoms with Crippen molar-refractivity contribution < 1.29 is 17.9 Å². The molecule has 42 heavy (non-hydrogen) atoms. The van der Waals surface area contributed by atoms with E-state index in [2.05, 4.69) is 12.2 Å². The van der Waals surface area contributed by atoms with Crippen molar-refractivity contribution in [2.75, 3.05) is 38.6 Å². The molecule has 0 bridgehead atoms. The summed E-state index contributed by atoms with van der Waals surface area (Å²) in [5, 5.41) is 3.33. The minimum absolute atomic E-state index is 0.00372. The molecule has 1 fully saturated rings. The van der Waals surface area contributed by atoms with Gasteiger partial charge in [0.1, 0.15) is 0 Å². The molecule has 5 rings (SSSR count). The Morgan fingerprint density at radius 3 is 2.40 bits per heavy atom. The van der Waals surface area contributed by atoms with Gasteiger partial charge in [0, 0.05) is 54.6 Å². The van der Waals surface area contributed by atoms with Crippen LogP contribution >= 0.6 is 11.6 Å². The van der Waals surface area contributed by atoms with E-state index in [1.165, 1.54) is 4.31 Å². The third-order valence-corrected chi connectivity index (χ3v) is 9.42. The van der Waals surface area contributed by atoms with Gasteiger partial charge in [-0.2, -0.15) is 4.31 Å². The molecule has 1 aliphatic heterocycles. The first-order chi connectivity index (χ1) is 20.3. The molecule has 0 aliphatic carbocycles. The second-order valence-corrected chi connectivity index (χ2v) is 12.7. The predicted molar refractivity (Wildman–Crippen MR) is 163 cm³/mol. The van der Waals surface area contributed by atoms with Crippen molar-refractivity contribution in [1.82, 2.24) is 23.6 Å². The van der Waals surface area contributed by atoms with E-state index in [9.17, 15) is 18.0 Å². The summed E-state index contributed by atoms with van der Waals surface area (Å²) in [6.07, 6.45) is 4.74. The number of hydrogen-bond acceptors (Lipinski definition) is 6. The number of amides is 1. The molecule has 0 radical (unpaired) electrons. The van der Waals surface area contributed by atoms with Crippen molar-refractivity contribution in [3.05, 3.63) is 81.7 Å². The number of carbonyl (C=O) groups excluding carboxylic acids is 1. The molecule has 12 heteroatoms. The summed E-state index contributed by atoms with van der Waals surface area (Å²) in [4.78, 5) is 30.8. The summed E-state index contributed by atoms with van der Waals surface area (Å²) in [5.41, 5.74) is 3.20. The molecule has 0 spiro atoms. The molecular weight excluding hydrogens is 578 g/mol. The maximum atomic E-state index is 13.2. The molecular formula is C30H34ClN5O5S. The first-order valence-electron chi connectivity index (χ1n) is 14.1. The fourth-order valence-corrected chi connectivity index (χ4v) is 6.43. The number of carbonyl (C=O) groups is 1. The average molecular weight is 612 g/mol. The number of sulfonamides is 1. The molecule has 1 N–H and O–H groups in total. The number of morpholine rings is 1. The van der Waals surface area contributed by atoms with Crippen LogP contribution in [0.2, 0.25) is 5.02 Å². The van der Waals surface area contributed by atoms with Crippen molar-refractivity contribution in [1.29, 1.82) is 0 Å². The van der Waals surface area contributed by atoms with Crippen LogP contribution in [0.25, 0.3) is 28.3 Å². The zero-order chi connectivity index (χ0) is 29.7. The molecule has 10 nitrogen and oxygen atoms in total. The molecule has 4 aromatic rings. The molecule has 0 unspecified atom stereocenters. The summed E-state index contributed by atoms with van der Waals surface area (Å²) < 4.78 is 35.3. The van der Waals surface area contributed by atoms with Crippen LogP contribution in [0.15, 0.2) is 65.6 Å². The lowest BCUT2D eigenvalue weighted by Gasteiger charge is -2.26. The Labute approximate surface area is 249 Å². The number of aryl methyl sites for hydroxylation is 1. The number of hydrogen-bond donors (Lipinski definition) is 1. The van der Waals surface area contributed by atoms with Crippen molar-refractivity contribution in [3.8, 4) is 22.5 Å². The van der Waals surface area contributed by atoms with E-state index in [1.807, 2.05) is 16.7 Å². The zero-order valence-corrected chi connectivity index (χ0v) is 25.0. The normalized spacial score (nSPS) is 14.3. The van der Waals surface area contributed by atoms with Crippen LogP contribution in [0.5, 0.6) is 0 Å². The maximum Gasteiger partial charge on any atom is 0.259 e. The first kappa shape index (κ1) is 30.0. The molecule has 1 aliphatic rings. The molecule has 1 saturated heterocycles. The van der Waals surface area contributed by atoms with Gasteiger partial charge in [0.05, 0.1) is 30.4 Å². The largest absolute Gasteiger partial charge is 0.379 e. The molecule has 0 atom stereocenters. The van der Waals surface area contributed by atoms with Gasteiger partial charge in [-0.1, -0.05) is 55.6 Å². The summed E-state index contributed by atoms with van der Waals surface area (Å²) in [6, 6.07) is 15.9. The number of halogens is 1. The summed E-state index contributed by atoms with van der Waals surface area (Å²) in [6.45, 7) is 4.22. The predicted octanol–water partition coefficient (Wildman–Crippen LogP) is 4.07. The second-order valence-electron chi connectivity index (χ2n) is 10.2. The van der Waals surface area contributed by atoms with E-state index in [4.69, 9.17) is 21.3 Å². The minimum Gasteiger partial charge on any atom is -0.379 e. The Balaban J connectivity index is 1.37. The van der Waals surface area contributed by atoms with Crippen LogP contribution in [0, 0.1) is 0 Å². The standard InChI is InChI=1S/C30H34ClN5O5S/c1-2-3-4-14-35-27(20-28(37)36-21-26(33-30(35)36)22-9-11-25(31)12-10-22)23-5-7-24(8-6-23)29(38)32-13-19-42(39,40)34-15-17-41-18-16-34/h5-12,20-21H,2-4,13-19H2,1H3,(H,32,38). The van der Waals surface area contributed by atoms with Gasteiger partial charge >= 0.3 is 0 Å². The number of nitrogens with one attached hydrogen (secondary N) is 1. The lowest BCUT2D eigenvalue weighted by atomic mass is 10.1. The molecule has 2 aromatic heterocycles. The third-order valence-electron chi connectivity index (χ3n) is 7.29. The Morgan fingerprint density at radius 1 is 1.02 bits per heavy atom. The molecule has 222 valence electrons. The number of benzene rings is 2. The highest BCUT2D eigenvalue weighted by Gasteiger charge is 2.24. The van der Waals surface area contributed by atoms with Crippen molar-refractivity contribution in [2.45, 2.75) is 32.7 Å². The van der Waals surface area contributed by atoms with E-state index in [0.29, 0.717) is 60.6 Å². The van der Waals surface area contributed by atoms with E-state index < -0.39 is 10.0 Å². The van der Waals surface area contributed by atoms with Crippen LogP contribution in [0.4, 0.5) is 0 Å². The minimum atomic E-state index is -3.47. The van der Waals surface area contributed by atoms with Gasteiger partial charge in [-0.15, -0.1) is 0 Å². The number of rotatable bonds is 11. The highest BCUT2D eigenvalue weighted by atomic mass is 35.5. The second kappa shape index (κ2) is 13.2. The number of imidazole rings is 1. The van der Waals surface area contributed by atoms with Gasteiger partial charge in [-0.25, -0.2) is 13.4 Å². The molecule has 2 aromatic carbocycles. The Hall–Kier alpha value is -3.51. The average Bonchev–Trinajstić information content (AvgIpc) is 3.45. The summed E-state index contributed by atoms with van der Waals surface area (Å²) in [7, 11) is -3.47. The van der Waals surface area contributed by atoms with Crippen LogP contribution < -0.4 is 10.9 Å². The lowest BCUT2D eigenvalue weighted by molar-refractivity contribution is 0.0730. The number of fused-ring (bicyclic) bond motifs is 1. The van der Waals surface area contributed by atoms with Crippen molar-refractivity contribution in [2.24, 2.45) is 0 Å². The van der Waals surface area contributed by atoms with E-state index in [-0.39, 0.29) is 23.8 Å². The van der Waals surface area contributed by atoms with Gasteiger partial charge in [0.15, 0.2) is 0 Å². The van der Waals surface area contributed by atoms with E-state index >= 15 is 0 Å².